The van der Waals surface area contributed by atoms with Crippen LogP contribution in [-0.4, -0.2) is 78.4 Å². The van der Waals surface area contributed by atoms with Crippen LogP contribution in [0.2, 0.25) is 0 Å². The van der Waals surface area contributed by atoms with Crippen molar-refractivity contribution in [2.75, 3.05) is 51.4 Å². The molecule has 1 atom stereocenters. The first-order chi connectivity index (χ1) is 18.2. The standard InChI is InChI=1S/C28H38FN7O2/c1-6-17-30-26-22(20-32-28(34-26)33-24-15-10-9-14-23(24)29)13-8-7-11-18-31-27(38)21(2)36(5)25(37)16-12-19-35(3)4/h9-10,12,14-16,20-21H,6-7,11,17-19H2,1-5H3,(H,31,38)(H2,30,32,33,34)/b16-12+/t21-/m0/s1. The third kappa shape index (κ3) is 10.2. The molecule has 38 heavy (non-hydrogen) atoms. The van der Waals surface area contributed by atoms with Crippen LogP contribution in [0.1, 0.15) is 38.7 Å². The van der Waals surface area contributed by atoms with Crippen molar-refractivity contribution in [2.45, 2.75) is 39.2 Å². The van der Waals surface area contributed by atoms with E-state index in [1.54, 1.807) is 44.4 Å². The first kappa shape index (κ1) is 30.3. The Balaban J connectivity index is 1.88. The monoisotopic (exact) mass is 523 g/mol. The number of amides is 2. The number of unbranched alkanes of at least 4 members (excludes halogenated alkanes) is 1. The van der Waals surface area contributed by atoms with Gasteiger partial charge in [-0.25, -0.2) is 9.37 Å². The maximum absolute atomic E-state index is 14.0. The minimum Gasteiger partial charge on any atom is -0.369 e. The molecule has 0 fully saturated rings. The molecule has 0 unspecified atom stereocenters. The molecule has 2 rings (SSSR count). The number of hydrogen-bond donors (Lipinski definition) is 3. The number of nitrogens with one attached hydrogen (secondary N) is 3. The number of anilines is 3. The molecular formula is C28H38FN7O2. The molecule has 0 aliphatic heterocycles. The molecule has 0 radical (unpaired) electrons. The highest BCUT2D eigenvalue weighted by molar-refractivity contribution is 5.92. The van der Waals surface area contributed by atoms with Crippen LogP contribution in [0.15, 0.2) is 42.6 Å². The molecule has 0 spiro atoms. The maximum atomic E-state index is 14.0. The van der Waals surface area contributed by atoms with Crippen LogP contribution in [0.4, 0.5) is 21.8 Å². The number of aromatic nitrogens is 2. The second kappa shape index (κ2) is 16.0. The first-order valence-electron chi connectivity index (χ1n) is 12.7. The van der Waals surface area contributed by atoms with Gasteiger partial charge < -0.3 is 25.8 Å². The van der Waals surface area contributed by atoms with Gasteiger partial charge in [0.1, 0.15) is 17.7 Å². The Kier molecular flexibility index (Phi) is 12.7. The third-order valence-corrected chi connectivity index (χ3v) is 5.49. The van der Waals surface area contributed by atoms with Crippen LogP contribution >= 0.6 is 0 Å². The molecule has 1 heterocycles. The molecule has 0 saturated carbocycles. The van der Waals surface area contributed by atoms with E-state index < -0.39 is 6.04 Å². The van der Waals surface area contributed by atoms with Crippen molar-refractivity contribution in [2.24, 2.45) is 0 Å². The molecule has 0 aliphatic carbocycles. The van der Waals surface area contributed by atoms with Gasteiger partial charge in [-0.2, -0.15) is 4.98 Å². The Morgan fingerprint density at radius 1 is 1.18 bits per heavy atom. The third-order valence-electron chi connectivity index (χ3n) is 5.49. The van der Waals surface area contributed by atoms with Crippen LogP contribution in [0.3, 0.4) is 0 Å². The lowest BCUT2D eigenvalue weighted by atomic mass is 10.2. The fraction of sp³-hybridized carbons (Fsp3) is 0.429. The SMILES string of the molecule is CCCNc1nc(Nc2ccccc2F)ncc1C#CCCCNC(=O)[C@H](C)N(C)C(=O)/C=C/CN(C)C. The van der Waals surface area contributed by atoms with E-state index in [0.717, 1.165) is 6.42 Å². The second-order valence-electron chi connectivity index (χ2n) is 8.97. The largest absolute Gasteiger partial charge is 0.369 e. The van der Waals surface area contributed by atoms with Gasteiger partial charge in [0.2, 0.25) is 17.8 Å². The Hall–Kier alpha value is -3.97. The van der Waals surface area contributed by atoms with Crippen LogP contribution < -0.4 is 16.0 Å². The second-order valence-corrected chi connectivity index (χ2v) is 8.97. The molecule has 10 heteroatoms. The summed E-state index contributed by atoms with van der Waals surface area (Å²) in [6.07, 6.45) is 6.96. The lowest BCUT2D eigenvalue weighted by molar-refractivity contribution is -0.135. The first-order valence-corrected chi connectivity index (χ1v) is 12.7. The van der Waals surface area contributed by atoms with Crippen molar-refractivity contribution >= 4 is 29.3 Å². The van der Waals surface area contributed by atoms with E-state index in [0.29, 0.717) is 49.5 Å². The maximum Gasteiger partial charge on any atom is 0.246 e. The zero-order valence-electron chi connectivity index (χ0n) is 22.8. The summed E-state index contributed by atoms with van der Waals surface area (Å²) in [7, 11) is 5.44. The number of para-hydroxylation sites is 1. The summed E-state index contributed by atoms with van der Waals surface area (Å²) in [4.78, 5) is 36.7. The summed E-state index contributed by atoms with van der Waals surface area (Å²) in [5.41, 5.74) is 0.929. The van der Waals surface area contributed by atoms with E-state index in [1.807, 2.05) is 25.9 Å². The number of hydrogen-bond acceptors (Lipinski definition) is 7. The van der Waals surface area contributed by atoms with Gasteiger partial charge in [0.15, 0.2) is 0 Å². The summed E-state index contributed by atoms with van der Waals surface area (Å²) in [5.74, 6) is 6.19. The van der Waals surface area contributed by atoms with Gasteiger partial charge in [-0.1, -0.05) is 37.0 Å². The zero-order chi connectivity index (χ0) is 27.9. The van der Waals surface area contributed by atoms with Crippen LogP contribution in [-0.2, 0) is 9.59 Å². The smallest absolute Gasteiger partial charge is 0.246 e. The summed E-state index contributed by atoms with van der Waals surface area (Å²) in [5, 5.41) is 8.99. The highest BCUT2D eigenvalue weighted by Gasteiger charge is 2.20. The van der Waals surface area contributed by atoms with E-state index in [4.69, 9.17) is 0 Å². The number of benzene rings is 1. The van der Waals surface area contributed by atoms with Gasteiger partial charge in [-0.05, 0) is 46.0 Å². The number of nitrogens with zero attached hydrogens (tertiary/aromatic N) is 4. The van der Waals surface area contributed by atoms with E-state index in [-0.39, 0.29) is 23.6 Å². The molecule has 2 aromatic rings. The van der Waals surface area contributed by atoms with E-state index in [9.17, 15) is 14.0 Å². The van der Waals surface area contributed by atoms with E-state index in [2.05, 4.69) is 37.8 Å². The number of likely N-dealkylation sites (N-methyl/N-ethyl adjacent to an activating group) is 2. The Morgan fingerprint density at radius 2 is 1.95 bits per heavy atom. The van der Waals surface area contributed by atoms with Gasteiger partial charge in [0, 0.05) is 39.2 Å². The van der Waals surface area contributed by atoms with Crippen molar-refractivity contribution in [1.82, 2.24) is 25.1 Å². The van der Waals surface area contributed by atoms with Crippen molar-refractivity contribution in [3.05, 3.63) is 54.0 Å². The predicted molar refractivity (Wildman–Crippen MR) is 150 cm³/mol. The van der Waals surface area contributed by atoms with E-state index >= 15 is 0 Å². The average Bonchev–Trinajstić information content (AvgIpc) is 2.90. The molecule has 9 nitrogen and oxygen atoms in total. The number of carbonyl (C=O) groups is 2. The highest BCUT2D eigenvalue weighted by Crippen LogP contribution is 2.19. The summed E-state index contributed by atoms with van der Waals surface area (Å²) < 4.78 is 14.0. The number of halogens is 1. The Bertz CT molecular complexity index is 1160. The normalized spacial score (nSPS) is 11.6. The molecular weight excluding hydrogens is 485 g/mol. The minimum absolute atomic E-state index is 0.216. The van der Waals surface area contributed by atoms with Crippen molar-refractivity contribution < 1.29 is 14.0 Å². The lowest BCUT2D eigenvalue weighted by Gasteiger charge is -2.23. The molecule has 2 amide bonds. The molecule has 1 aromatic heterocycles. The summed E-state index contributed by atoms with van der Waals surface area (Å²) in [6.45, 7) is 5.54. The zero-order valence-corrected chi connectivity index (χ0v) is 22.8. The summed E-state index contributed by atoms with van der Waals surface area (Å²) in [6, 6.07) is 5.74. The Labute approximate surface area is 224 Å². The predicted octanol–water partition coefficient (Wildman–Crippen LogP) is 3.39. The van der Waals surface area contributed by atoms with Crippen molar-refractivity contribution in [3.8, 4) is 11.8 Å². The fourth-order valence-corrected chi connectivity index (χ4v) is 3.14. The molecule has 1 aromatic carbocycles. The topological polar surface area (TPSA) is 102 Å². The summed E-state index contributed by atoms with van der Waals surface area (Å²) >= 11 is 0. The number of rotatable bonds is 13. The highest BCUT2D eigenvalue weighted by atomic mass is 19.1. The van der Waals surface area contributed by atoms with Crippen LogP contribution in [0.5, 0.6) is 0 Å². The van der Waals surface area contributed by atoms with Crippen LogP contribution in [0, 0.1) is 17.7 Å². The molecule has 204 valence electrons. The van der Waals surface area contributed by atoms with Gasteiger partial charge in [0.05, 0.1) is 17.4 Å². The molecule has 0 bridgehead atoms. The van der Waals surface area contributed by atoms with Gasteiger partial charge >= 0.3 is 0 Å². The number of carbonyl (C=O) groups excluding carboxylic acids is 2. The van der Waals surface area contributed by atoms with Gasteiger partial charge in [0.25, 0.3) is 0 Å². The van der Waals surface area contributed by atoms with Crippen LogP contribution in [0.25, 0.3) is 0 Å². The average molecular weight is 524 g/mol. The minimum atomic E-state index is -0.585. The molecule has 3 N–H and O–H groups in total. The van der Waals surface area contributed by atoms with Gasteiger partial charge in [-0.15, -0.1) is 0 Å². The molecule has 0 aliphatic rings. The van der Waals surface area contributed by atoms with Gasteiger partial charge in [-0.3, -0.25) is 9.59 Å². The molecule has 0 saturated heterocycles. The Morgan fingerprint density at radius 3 is 2.66 bits per heavy atom. The fourth-order valence-electron chi connectivity index (χ4n) is 3.14. The van der Waals surface area contributed by atoms with Crippen molar-refractivity contribution in [1.29, 1.82) is 0 Å². The van der Waals surface area contributed by atoms with E-state index in [1.165, 1.54) is 17.0 Å². The lowest BCUT2D eigenvalue weighted by Crippen LogP contribution is -2.45. The quantitative estimate of drug-likeness (QED) is 0.210. The van der Waals surface area contributed by atoms with Crippen molar-refractivity contribution in [3.63, 3.8) is 0 Å².